The number of nitro benzene ring substituents is 1. The van der Waals surface area contributed by atoms with Crippen LogP contribution in [0.15, 0.2) is 36.4 Å². The summed E-state index contributed by atoms with van der Waals surface area (Å²) in [5.41, 5.74) is -0.0506. The van der Waals surface area contributed by atoms with Crippen molar-refractivity contribution in [2.45, 2.75) is 29.1 Å². The molecule has 128 valence electrons. The highest BCUT2D eigenvalue weighted by Crippen LogP contribution is 2.63. The van der Waals surface area contributed by atoms with Crippen molar-refractivity contribution in [2.75, 3.05) is 6.61 Å². The maximum absolute atomic E-state index is 11.8. The molecule has 24 heavy (non-hydrogen) atoms. The predicted molar refractivity (Wildman–Crippen MR) is 96.4 cm³/mol. The number of hydrogen-bond donors (Lipinski definition) is 0. The van der Waals surface area contributed by atoms with E-state index in [4.69, 9.17) is 9.47 Å². The van der Waals surface area contributed by atoms with Crippen LogP contribution in [0.1, 0.15) is 25.7 Å². The highest BCUT2D eigenvalue weighted by atomic mass is 127. The number of nitro groups is 1. The van der Waals surface area contributed by atoms with Crippen molar-refractivity contribution in [2.24, 2.45) is 11.8 Å². The van der Waals surface area contributed by atoms with Gasteiger partial charge < -0.3 is 9.47 Å². The lowest BCUT2D eigenvalue weighted by atomic mass is 10.1. The van der Waals surface area contributed by atoms with Crippen molar-refractivity contribution < 1.29 is 19.2 Å². The van der Waals surface area contributed by atoms with Gasteiger partial charge in [-0.2, -0.15) is 0 Å². The Hall–Kier alpha value is -1.64. The Kier molecular flexibility index (Phi) is 5.07. The van der Waals surface area contributed by atoms with Crippen molar-refractivity contribution in [3.63, 3.8) is 0 Å². The molecule has 0 amide bonds. The number of hydrogen-bond acceptors (Lipinski definition) is 5. The first-order valence-electron chi connectivity index (χ1n) is 7.93. The number of carbonyl (C=O) groups is 1. The third-order valence-corrected chi connectivity index (χ3v) is 6.88. The Morgan fingerprint density at radius 2 is 2.00 bits per heavy atom. The first-order valence-corrected chi connectivity index (χ1v) is 9.01. The minimum absolute atomic E-state index is 0.0506. The van der Waals surface area contributed by atoms with Crippen LogP contribution in [0, 0.1) is 22.0 Å². The lowest BCUT2D eigenvalue weighted by molar-refractivity contribution is -0.384. The molecule has 6 nitrogen and oxygen atoms in total. The molecule has 1 fully saturated rings. The van der Waals surface area contributed by atoms with E-state index in [1.165, 1.54) is 24.3 Å². The standard InChI is InChI=1S/C17H18INO5/c18-17-10-4-2-1-3-5-14(17)15(17)11-23-16(20)24-13-8-6-12(7-9-13)19(21)22/h1-2,6-9,14-15H,3-5,10-11H2/b2-1+/t14?,15-,17?/m0/s1. The Morgan fingerprint density at radius 1 is 1.29 bits per heavy atom. The van der Waals surface area contributed by atoms with E-state index >= 15 is 0 Å². The molecule has 3 rings (SSSR count). The van der Waals surface area contributed by atoms with Crippen molar-refractivity contribution in [1.29, 1.82) is 0 Å². The number of alkyl halides is 1. The summed E-state index contributed by atoms with van der Waals surface area (Å²) in [5, 5.41) is 10.6. The fourth-order valence-electron chi connectivity index (χ4n) is 3.37. The van der Waals surface area contributed by atoms with Crippen molar-refractivity contribution in [3.05, 3.63) is 46.5 Å². The third-order valence-electron chi connectivity index (χ3n) is 4.74. The quantitative estimate of drug-likeness (QED) is 0.129. The molecule has 1 saturated carbocycles. The predicted octanol–water partition coefficient (Wildman–Crippen LogP) is 4.66. The number of benzene rings is 1. The number of halogens is 1. The molecule has 2 aliphatic carbocycles. The maximum atomic E-state index is 11.8. The summed E-state index contributed by atoms with van der Waals surface area (Å²) in [6.45, 7) is 0.361. The minimum Gasteiger partial charge on any atom is -0.434 e. The van der Waals surface area contributed by atoms with Crippen LogP contribution in [0.3, 0.4) is 0 Å². The van der Waals surface area contributed by atoms with Crippen LogP contribution >= 0.6 is 22.6 Å². The molecule has 1 aromatic rings. The van der Waals surface area contributed by atoms with Gasteiger partial charge in [0.25, 0.3) is 5.69 Å². The molecule has 0 aromatic heterocycles. The van der Waals surface area contributed by atoms with E-state index in [0.717, 1.165) is 25.7 Å². The summed E-state index contributed by atoms with van der Waals surface area (Å²) >= 11 is 2.52. The molecule has 2 unspecified atom stereocenters. The first kappa shape index (κ1) is 17.2. The zero-order valence-electron chi connectivity index (χ0n) is 13.0. The molecule has 1 aromatic carbocycles. The molecule has 0 N–H and O–H groups in total. The van der Waals surface area contributed by atoms with Crippen molar-refractivity contribution in [3.8, 4) is 5.75 Å². The summed E-state index contributed by atoms with van der Waals surface area (Å²) < 4.78 is 10.6. The Bertz CT molecular complexity index is 659. The molecule has 7 heteroatoms. The average molecular weight is 443 g/mol. The van der Waals surface area contributed by atoms with Crippen LogP contribution in [0.5, 0.6) is 5.75 Å². The van der Waals surface area contributed by atoms with Gasteiger partial charge in [-0.05, 0) is 43.7 Å². The van der Waals surface area contributed by atoms with Gasteiger partial charge in [-0.3, -0.25) is 10.1 Å². The second-order valence-corrected chi connectivity index (χ2v) is 8.15. The molecule has 0 heterocycles. The second kappa shape index (κ2) is 7.08. The molecule has 0 radical (unpaired) electrons. The second-order valence-electron chi connectivity index (χ2n) is 6.14. The van der Waals surface area contributed by atoms with Gasteiger partial charge in [-0.15, -0.1) is 0 Å². The van der Waals surface area contributed by atoms with Gasteiger partial charge in [-0.1, -0.05) is 34.7 Å². The summed E-state index contributed by atoms with van der Waals surface area (Å²) in [6.07, 6.45) is 8.10. The average Bonchev–Trinajstić information content (AvgIpc) is 3.08. The number of fused-ring (bicyclic) bond motifs is 1. The van der Waals surface area contributed by atoms with Crippen LogP contribution in [-0.2, 0) is 4.74 Å². The first-order chi connectivity index (χ1) is 11.5. The van der Waals surface area contributed by atoms with E-state index in [0.29, 0.717) is 18.4 Å². The zero-order chi connectivity index (χ0) is 17.2. The molecular weight excluding hydrogens is 425 g/mol. The number of allylic oxidation sites excluding steroid dienone is 2. The molecular formula is C17H18INO5. The van der Waals surface area contributed by atoms with E-state index in [1.54, 1.807) is 0 Å². The molecule has 0 bridgehead atoms. The fourth-order valence-corrected chi connectivity index (χ4v) is 4.86. The highest BCUT2D eigenvalue weighted by molar-refractivity contribution is 14.1. The van der Waals surface area contributed by atoms with E-state index in [1.807, 2.05) is 0 Å². The molecule has 0 spiro atoms. The smallest absolute Gasteiger partial charge is 0.434 e. The van der Waals surface area contributed by atoms with E-state index in [9.17, 15) is 14.9 Å². The maximum Gasteiger partial charge on any atom is 0.513 e. The normalized spacial score (nSPS) is 29.5. The van der Waals surface area contributed by atoms with Crippen molar-refractivity contribution >= 4 is 34.4 Å². The van der Waals surface area contributed by atoms with Crippen LogP contribution in [0.2, 0.25) is 0 Å². The topological polar surface area (TPSA) is 78.7 Å². The summed E-state index contributed by atoms with van der Waals surface area (Å²) in [7, 11) is 0. The van der Waals surface area contributed by atoms with Gasteiger partial charge in [0, 0.05) is 21.5 Å². The van der Waals surface area contributed by atoms with E-state index < -0.39 is 11.1 Å². The monoisotopic (exact) mass is 443 g/mol. The lowest BCUT2D eigenvalue weighted by Gasteiger charge is -2.10. The number of ether oxygens (including phenoxy) is 2. The lowest BCUT2D eigenvalue weighted by Crippen LogP contribution is -2.15. The Morgan fingerprint density at radius 3 is 2.71 bits per heavy atom. The van der Waals surface area contributed by atoms with Crippen LogP contribution in [-0.4, -0.2) is 21.1 Å². The Labute approximate surface area is 153 Å². The van der Waals surface area contributed by atoms with E-state index in [2.05, 4.69) is 34.7 Å². The van der Waals surface area contributed by atoms with Gasteiger partial charge in [0.05, 0.1) is 11.5 Å². The molecule has 2 aliphatic rings. The SMILES string of the molecule is O=C(OC[C@H]1C2CC/C=C/CCC21I)Oc1ccc([N+](=O)[O-])cc1. The summed E-state index contributed by atoms with van der Waals surface area (Å²) in [6, 6.07) is 5.35. The zero-order valence-corrected chi connectivity index (χ0v) is 15.2. The van der Waals surface area contributed by atoms with Gasteiger partial charge in [0.1, 0.15) is 5.75 Å². The fraction of sp³-hybridized carbons (Fsp3) is 0.471. The van der Waals surface area contributed by atoms with Gasteiger partial charge in [-0.25, -0.2) is 4.79 Å². The number of non-ortho nitro benzene ring substituents is 1. The minimum atomic E-state index is -0.763. The summed E-state index contributed by atoms with van der Waals surface area (Å²) in [4.78, 5) is 21.9. The largest absolute Gasteiger partial charge is 0.513 e. The summed E-state index contributed by atoms with van der Waals surface area (Å²) in [5.74, 6) is 1.21. The van der Waals surface area contributed by atoms with Gasteiger partial charge in [0.2, 0.25) is 0 Å². The van der Waals surface area contributed by atoms with Crippen LogP contribution in [0.4, 0.5) is 10.5 Å². The van der Waals surface area contributed by atoms with Gasteiger partial charge in [0.15, 0.2) is 0 Å². The van der Waals surface area contributed by atoms with Crippen molar-refractivity contribution in [1.82, 2.24) is 0 Å². The third kappa shape index (κ3) is 3.71. The number of carbonyl (C=O) groups excluding carboxylic acids is 1. The molecule has 3 atom stereocenters. The van der Waals surface area contributed by atoms with Crippen LogP contribution < -0.4 is 4.74 Å². The van der Waals surface area contributed by atoms with Crippen LogP contribution in [0.25, 0.3) is 0 Å². The number of rotatable bonds is 4. The molecule has 0 aliphatic heterocycles. The van der Waals surface area contributed by atoms with Gasteiger partial charge >= 0.3 is 6.16 Å². The molecule has 0 saturated heterocycles. The van der Waals surface area contributed by atoms with E-state index in [-0.39, 0.29) is 14.9 Å². The highest BCUT2D eigenvalue weighted by Gasteiger charge is 2.62. The Balaban J connectivity index is 1.48. The number of nitrogens with zero attached hydrogens (tertiary/aromatic N) is 1.